The van der Waals surface area contributed by atoms with Crippen molar-refractivity contribution in [2.24, 2.45) is 21.6 Å². The zero-order chi connectivity index (χ0) is 12.3. The lowest BCUT2D eigenvalue weighted by atomic mass is 10.1. The van der Waals surface area contributed by atoms with Gasteiger partial charge in [-0.15, -0.1) is 11.8 Å². The van der Waals surface area contributed by atoms with Gasteiger partial charge in [-0.2, -0.15) is 4.99 Å². The highest BCUT2D eigenvalue weighted by Gasteiger charge is 2.36. The molecule has 0 saturated carbocycles. The zero-order valence-corrected chi connectivity index (χ0v) is 11.4. The molecule has 1 atom stereocenters. The second-order valence-electron chi connectivity index (χ2n) is 4.41. The van der Waals surface area contributed by atoms with Gasteiger partial charge in [0.2, 0.25) is 11.9 Å². The Labute approximate surface area is 101 Å². The quantitative estimate of drug-likeness (QED) is 0.689. The molecule has 6 heteroatoms. The van der Waals surface area contributed by atoms with E-state index in [1.807, 2.05) is 6.26 Å². The van der Waals surface area contributed by atoms with Crippen LogP contribution in [0.25, 0.3) is 0 Å². The number of hydrogen-bond donors (Lipinski definition) is 3. The fourth-order valence-electron chi connectivity index (χ4n) is 1.48. The van der Waals surface area contributed by atoms with E-state index in [9.17, 15) is 0 Å². The minimum absolute atomic E-state index is 0.309. The van der Waals surface area contributed by atoms with Gasteiger partial charge in [-0.3, -0.25) is 0 Å². The fraction of sp³-hybridized carbons (Fsp3) is 0.800. The summed E-state index contributed by atoms with van der Waals surface area (Å²) < 4.78 is 0. The molecule has 0 fully saturated rings. The molecule has 1 aliphatic rings. The van der Waals surface area contributed by atoms with Crippen molar-refractivity contribution in [3.8, 4) is 0 Å². The van der Waals surface area contributed by atoms with Gasteiger partial charge in [0.05, 0.1) is 0 Å². The van der Waals surface area contributed by atoms with Crippen molar-refractivity contribution < 1.29 is 0 Å². The summed E-state index contributed by atoms with van der Waals surface area (Å²) in [5.74, 6) is 1.34. The number of hydrogen-bond acceptors (Lipinski definition) is 6. The molecule has 0 aliphatic carbocycles. The van der Waals surface area contributed by atoms with Gasteiger partial charge < -0.3 is 16.4 Å². The highest BCUT2D eigenvalue weighted by atomic mass is 32.2. The minimum atomic E-state index is -0.414. The van der Waals surface area contributed by atoms with Crippen molar-refractivity contribution in [3.63, 3.8) is 0 Å². The van der Waals surface area contributed by atoms with Crippen LogP contribution in [0.15, 0.2) is 9.98 Å². The third-order valence-electron chi connectivity index (χ3n) is 2.32. The number of aliphatic imine (C=N–C) groups is 2. The molecule has 0 radical (unpaired) electrons. The lowest BCUT2D eigenvalue weighted by Gasteiger charge is -2.36. The molecule has 92 valence electrons. The number of rotatable bonds is 3. The molecule has 0 aromatic heterocycles. The van der Waals surface area contributed by atoms with Crippen LogP contribution in [0.2, 0.25) is 0 Å². The first-order valence-electron chi connectivity index (χ1n) is 5.43. The van der Waals surface area contributed by atoms with Gasteiger partial charge in [0.25, 0.3) is 0 Å². The summed E-state index contributed by atoms with van der Waals surface area (Å²) in [4.78, 5) is 8.15. The van der Waals surface area contributed by atoms with Crippen LogP contribution in [0.1, 0.15) is 27.7 Å². The fourth-order valence-corrected chi connectivity index (χ4v) is 2.34. The first-order valence-corrected chi connectivity index (χ1v) is 6.66. The zero-order valence-electron chi connectivity index (χ0n) is 10.5. The van der Waals surface area contributed by atoms with Gasteiger partial charge in [0.15, 0.2) is 4.99 Å². The molecule has 16 heavy (non-hydrogen) atoms. The Bertz CT molecular complexity index is 310. The largest absolute Gasteiger partial charge is 0.368 e. The van der Waals surface area contributed by atoms with E-state index in [0.29, 0.717) is 23.9 Å². The second-order valence-corrected chi connectivity index (χ2v) is 5.44. The Kier molecular flexibility index (Phi) is 4.07. The van der Waals surface area contributed by atoms with Gasteiger partial charge in [-0.1, -0.05) is 13.8 Å². The van der Waals surface area contributed by atoms with Gasteiger partial charge in [-0.05, 0) is 20.1 Å². The van der Waals surface area contributed by atoms with E-state index in [2.05, 4.69) is 48.3 Å². The molecule has 4 N–H and O–H groups in total. The summed E-state index contributed by atoms with van der Waals surface area (Å²) >= 11 is 1.64. The maximum absolute atomic E-state index is 5.76. The van der Waals surface area contributed by atoms with Crippen LogP contribution in [0.5, 0.6) is 0 Å². The lowest BCUT2D eigenvalue weighted by molar-refractivity contribution is 0.413. The maximum atomic E-state index is 5.76. The van der Waals surface area contributed by atoms with Gasteiger partial charge in [0, 0.05) is 12.0 Å². The highest BCUT2D eigenvalue weighted by molar-refractivity contribution is 8.00. The SMILES string of the molecule is CSC1(C(C)C)N=C(N)N=C(NC(C)C)N1. The summed E-state index contributed by atoms with van der Waals surface area (Å²) in [5, 5.41) is 6.53. The molecule has 5 nitrogen and oxygen atoms in total. The molecular weight excluding hydrogens is 222 g/mol. The number of nitrogens with two attached hydrogens (primary N) is 1. The smallest absolute Gasteiger partial charge is 0.221 e. The molecule has 1 rings (SSSR count). The maximum Gasteiger partial charge on any atom is 0.221 e. The van der Waals surface area contributed by atoms with Crippen LogP contribution >= 0.6 is 11.8 Å². The van der Waals surface area contributed by atoms with E-state index >= 15 is 0 Å². The van der Waals surface area contributed by atoms with Gasteiger partial charge >= 0.3 is 0 Å². The Morgan fingerprint density at radius 3 is 2.44 bits per heavy atom. The minimum Gasteiger partial charge on any atom is -0.368 e. The van der Waals surface area contributed by atoms with Crippen molar-refractivity contribution in [2.75, 3.05) is 6.26 Å². The number of thioether (sulfide) groups is 1. The summed E-state index contributed by atoms with van der Waals surface area (Å²) in [6.45, 7) is 8.34. The van der Waals surface area contributed by atoms with Gasteiger partial charge in [-0.25, -0.2) is 4.99 Å². The standard InChI is InChI=1S/C10H21N5S/c1-6(2)10(16-5)14-8(11)13-9(15-10)12-7(3)4/h6-7H,1-5H3,(H4,11,12,13,14,15). The predicted molar refractivity (Wildman–Crippen MR) is 71.5 cm³/mol. The first kappa shape index (κ1) is 13.2. The van der Waals surface area contributed by atoms with Crippen molar-refractivity contribution >= 4 is 23.7 Å². The molecule has 1 aliphatic heterocycles. The molecule has 0 saturated heterocycles. The molecule has 0 aromatic carbocycles. The van der Waals surface area contributed by atoms with E-state index in [4.69, 9.17) is 5.73 Å². The predicted octanol–water partition coefficient (Wildman–Crippen LogP) is 0.931. The second kappa shape index (κ2) is 4.95. The van der Waals surface area contributed by atoms with Crippen molar-refractivity contribution in [1.82, 2.24) is 10.6 Å². The number of guanidine groups is 2. The molecule has 1 unspecified atom stereocenters. The van der Waals surface area contributed by atoms with Crippen molar-refractivity contribution in [1.29, 1.82) is 0 Å². The van der Waals surface area contributed by atoms with E-state index in [1.54, 1.807) is 11.8 Å². The first-order chi connectivity index (χ1) is 7.39. The lowest BCUT2D eigenvalue weighted by Crippen LogP contribution is -2.57. The van der Waals surface area contributed by atoms with Crippen LogP contribution in [0, 0.1) is 5.92 Å². The number of nitrogens with one attached hydrogen (secondary N) is 2. The Hall–Kier alpha value is -0.910. The normalized spacial score (nSPS) is 25.2. The van der Waals surface area contributed by atoms with Crippen LogP contribution in [-0.4, -0.2) is 29.2 Å². The summed E-state index contributed by atoms with van der Waals surface area (Å²) in [6, 6.07) is 0.309. The highest BCUT2D eigenvalue weighted by Crippen LogP contribution is 2.31. The molecule has 1 heterocycles. The molecule has 0 spiro atoms. The molecule has 0 bridgehead atoms. The summed E-state index contributed by atoms with van der Waals surface area (Å²) in [5.41, 5.74) is 5.76. The summed E-state index contributed by atoms with van der Waals surface area (Å²) in [6.07, 6.45) is 2.02. The average molecular weight is 243 g/mol. The topological polar surface area (TPSA) is 74.8 Å². The van der Waals surface area contributed by atoms with E-state index in [0.717, 1.165) is 0 Å². The molecular formula is C10H21N5S. The number of nitrogens with zero attached hydrogens (tertiary/aromatic N) is 2. The molecule has 0 aromatic rings. The van der Waals surface area contributed by atoms with E-state index < -0.39 is 4.99 Å². The summed E-state index contributed by atoms with van der Waals surface area (Å²) in [7, 11) is 0. The van der Waals surface area contributed by atoms with Crippen LogP contribution in [0.3, 0.4) is 0 Å². The Morgan fingerprint density at radius 2 is 2.00 bits per heavy atom. The van der Waals surface area contributed by atoms with E-state index in [1.165, 1.54) is 0 Å². The molecule has 0 amide bonds. The Morgan fingerprint density at radius 1 is 1.38 bits per heavy atom. The van der Waals surface area contributed by atoms with Crippen LogP contribution in [0.4, 0.5) is 0 Å². The monoisotopic (exact) mass is 243 g/mol. The third-order valence-corrected chi connectivity index (χ3v) is 3.61. The van der Waals surface area contributed by atoms with Crippen LogP contribution in [-0.2, 0) is 0 Å². The van der Waals surface area contributed by atoms with E-state index in [-0.39, 0.29) is 0 Å². The van der Waals surface area contributed by atoms with Gasteiger partial charge in [0.1, 0.15) is 0 Å². The van der Waals surface area contributed by atoms with Crippen LogP contribution < -0.4 is 16.4 Å². The van der Waals surface area contributed by atoms with Crippen molar-refractivity contribution in [2.45, 2.75) is 38.7 Å². The average Bonchev–Trinajstić information content (AvgIpc) is 2.15. The Balaban J connectivity index is 2.92. The third kappa shape index (κ3) is 2.81. The van der Waals surface area contributed by atoms with Crippen molar-refractivity contribution in [3.05, 3.63) is 0 Å².